The average Bonchev–Trinajstić information content (AvgIpc) is 2.03. The molecule has 2 N–H and O–H groups in total. The summed E-state index contributed by atoms with van der Waals surface area (Å²) >= 11 is 0. The Morgan fingerprint density at radius 1 is 1.54 bits per heavy atom. The maximum atomic E-state index is 10.7. The van der Waals surface area contributed by atoms with Crippen LogP contribution in [0.1, 0.15) is 33.1 Å². The van der Waals surface area contributed by atoms with Gasteiger partial charge in [-0.3, -0.25) is 0 Å². The highest BCUT2D eigenvalue weighted by atomic mass is 16.4. The monoisotopic (exact) mass is 184 g/mol. The van der Waals surface area contributed by atoms with Crippen molar-refractivity contribution in [2.75, 3.05) is 0 Å². The van der Waals surface area contributed by atoms with Gasteiger partial charge in [0.2, 0.25) is 0 Å². The molecule has 1 aliphatic carbocycles. The van der Waals surface area contributed by atoms with Gasteiger partial charge in [-0.15, -0.1) is 0 Å². The van der Waals surface area contributed by atoms with Gasteiger partial charge in [-0.1, -0.05) is 6.92 Å². The minimum Gasteiger partial charge on any atom is -0.478 e. The summed E-state index contributed by atoms with van der Waals surface area (Å²) in [5.74, 6) is -0.413. The standard InChI is InChI=1S/C10H16O3/c1-6-3-4-8(9(11)5-6)7(2)10(12)13/h6,9,11H,3-5H2,1-2H3,(H,12,13). The van der Waals surface area contributed by atoms with Crippen LogP contribution in [0.4, 0.5) is 0 Å². The van der Waals surface area contributed by atoms with Gasteiger partial charge >= 0.3 is 5.97 Å². The Labute approximate surface area is 78.1 Å². The van der Waals surface area contributed by atoms with Gasteiger partial charge < -0.3 is 10.2 Å². The molecule has 2 unspecified atom stereocenters. The van der Waals surface area contributed by atoms with Crippen molar-refractivity contribution >= 4 is 5.97 Å². The predicted octanol–water partition coefficient (Wildman–Crippen LogP) is 1.57. The molecule has 1 fully saturated rings. The number of rotatable bonds is 1. The number of hydrogen-bond donors (Lipinski definition) is 2. The largest absolute Gasteiger partial charge is 0.478 e. The predicted molar refractivity (Wildman–Crippen MR) is 49.4 cm³/mol. The van der Waals surface area contributed by atoms with Crippen LogP contribution >= 0.6 is 0 Å². The maximum absolute atomic E-state index is 10.7. The highest BCUT2D eigenvalue weighted by Crippen LogP contribution is 2.30. The number of carbonyl (C=O) groups is 1. The Hall–Kier alpha value is -0.830. The third-order valence-electron chi connectivity index (χ3n) is 2.74. The van der Waals surface area contributed by atoms with Crippen molar-refractivity contribution in [3.05, 3.63) is 11.1 Å². The molecule has 1 rings (SSSR count). The quantitative estimate of drug-likeness (QED) is 0.608. The van der Waals surface area contributed by atoms with Crippen LogP contribution in [0.3, 0.4) is 0 Å². The topological polar surface area (TPSA) is 57.5 Å². The van der Waals surface area contributed by atoms with Crippen LogP contribution in [0, 0.1) is 5.92 Å². The van der Waals surface area contributed by atoms with Crippen molar-refractivity contribution in [2.24, 2.45) is 5.92 Å². The van der Waals surface area contributed by atoms with E-state index in [9.17, 15) is 9.90 Å². The van der Waals surface area contributed by atoms with Crippen LogP contribution in [0.2, 0.25) is 0 Å². The molecule has 0 aromatic rings. The Morgan fingerprint density at radius 3 is 2.62 bits per heavy atom. The summed E-state index contributed by atoms with van der Waals surface area (Å²) in [6.45, 7) is 3.65. The van der Waals surface area contributed by atoms with Crippen molar-refractivity contribution < 1.29 is 15.0 Å². The first-order chi connectivity index (χ1) is 6.02. The first-order valence-corrected chi connectivity index (χ1v) is 4.63. The summed E-state index contributed by atoms with van der Waals surface area (Å²) in [5, 5.41) is 18.4. The molecule has 3 heteroatoms. The van der Waals surface area contributed by atoms with E-state index in [-0.39, 0.29) is 0 Å². The van der Waals surface area contributed by atoms with Crippen molar-refractivity contribution in [1.82, 2.24) is 0 Å². The molecular weight excluding hydrogens is 168 g/mol. The Kier molecular flexibility index (Phi) is 3.09. The lowest BCUT2D eigenvalue weighted by molar-refractivity contribution is -0.132. The normalized spacial score (nSPS) is 32.8. The van der Waals surface area contributed by atoms with E-state index in [4.69, 9.17) is 5.11 Å². The van der Waals surface area contributed by atoms with Crippen LogP contribution in [0.25, 0.3) is 0 Å². The van der Waals surface area contributed by atoms with Crippen molar-refractivity contribution in [3.63, 3.8) is 0 Å². The van der Waals surface area contributed by atoms with Crippen molar-refractivity contribution in [2.45, 2.75) is 39.2 Å². The lowest BCUT2D eigenvalue weighted by Crippen LogP contribution is -2.23. The molecule has 0 spiro atoms. The molecule has 0 radical (unpaired) electrons. The zero-order chi connectivity index (χ0) is 10.0. The minimum absolute atomic E-state index is 0.319. The van der Waals surface area contributed by atoms with Gasteiger partial charge in [0, 0.05) is 5.57 Å². The van der Waals surface area contributed by atoms with Crippen LogP contribution in [-0.2, 0) is 4.79 Å². The SMILES string of the molecule is CC(C(=O)O)=C1CCC(C)CC1O. The number of carboxylic acids is 1. The van der Waals surface area contributed by atoms with E-state index < -0.39 is 12.1 Å². The van der Waals surface area contributed by atoms with E-state index >= 15 is 0 Å². The molecule has 0 bridgehead atoms. The third kappa shape index (κ3) is 2.31. The molecule has 1 aliphatic rings. The number of aliphatic hydroxyl groups is 1. The number of aliphatic carboxylic acids is 1. The third-order valence-corrected chi connectivity index (χ3v) is 2.74. The van der Waals surface area contributed by atoms with Gasteiger partial charge in [-0.2, -0.15) is 0 Å². The summed E-state index contributed by atoms with van der Waals surface area (Å²) in [6, 6.07) is 0. The van der Waals surface area contributed by atoms with Gasteiger partial charge in [0.1, 0.15) is 0 Å². The highest BCUT2D eigenvalue weighted by Gasteiger charge is 2.24. The molecule has 0 aliphatic heterocycles. The van der Waals surface area contributed by atoms with Gasteiger partial charge in [0.25, 0.3) is 0 Å². The smallest absolute Gasteiger partial charge is 0.331 e. The minimum atomic E-state index is -0.913. The molecule has 0 aromatic carbocycles. The number of aliphatic hydroxyl groups excluding tert-OH is 1. The second-order valence-corrected chi connectivity index (χ2v) is 3.85. The molecule has 0 heterocycles. The zero-order valence-electron chi connectivity index (χ0n) is 8.08. The molecule has 13 heavy (non-hydrogen) atoms. The van der Waals surface area contributed by atoms with Gasteiger partial charge in [-0.05, 0) is 37.7 Å². The van der Waals surface area contributed by atoms with E-state index in [1.54, 1.807) is 6.92 Å². The van der Waals surface area contributed by atoms with E-state index in [0.717, 1.165) is 12.8 Å². The van der Waals surface area contributed by atoms with Crippen molar-refractivity contribution in [1.29, 1.82) is 0 Å². The highest BCUT2D eigenvalue weighted by molar-refractivity contribution is 5.87. The van der Waals surface area contributed by atoms with E-state index in [2.05, 4.69) is 6.92 Å². The molecular formula is C10H16O3. The summed E-state index contributed by atoms with van der Waals surface area (Å²) in [5.41, 5.74) is 1.03. The fraction of sp³-hybridized carbons (Fsp3) is 0.700. The van der Waals surface area contributed by atoms with Crippen LogP contribution in [-0.4, -0.2) is 22.3 Å². The molecule has 2 atom stereocenters. The fourth-order valence-corrected chi connectivity index (χ4v) is 1.78. The summed E-state index contributed by atoms with van der Waals surface area (Å²) in [7, 11) is 0. The Morgan fingerprint density at radius 2 is 2.15 bits per heavy atom. The number of hydrogen-bond acceptors (Lipinski definition) is 2. The fourth-order valence-electron chi connectivity index (χ4n) is 1.78. The molecule has 0 aromatic heterocycles. The summed E-state index contributed by atoms with van der Waals surface area (Å²) in [6.07, 6.45) is 1.86. The van der Waals surface area contributed by atoms with Gasteiger partial charge in [0.05, 0.1) is 6.10 Å². The second kappa shape index (κ2) is 3.92. The lowest BCUT2D eigenvalue weighted by atomic mass is 9.83. The first kappa shape index (κ1) is 10.3. The molecule has 0 amide bonds. The second-order valence-electron chi connectivity index (χ2n) is 3.85. The van der Waals surface area contributed by atoms with Crippen molar-refractivity contribution in [3.8, 4) is 0 Å². The maximum Gasteiger partial charge on any atom is 0.331 e. The van der Waals surface area contributed by atoms with E-state index in [0.29, 0.717) is 23.5 Å². The van der Waals surface area contributed by atoms with Gasteiger partial charge in [-0.25, -0.2) is 4.79 Å². The molecule has 0 saturated heterocycles. The Balaban J connectivity index is 2.81. The van der Waals surface area contributed by atoms with E-state index in [1.807, 2.05) is 0 Å². The summed E-state index contributed by atoms with van der Waals surface area (Å²) < 4.78 is 0. The zero-order valence-corrected chi connectivity index (χ0v) is 8.08. The average molecular weight is 184 g/mol. The van der Waals surface area contributed by atoms with Crippen LogP contribution in [0.5, 0.6) is 0 Å². The molecule has 1 saturated carbocycles. The van der Waals surface area contributed by atoms with Crippen LogP contribution < -0.4 is 0 Å². The number of carboxylic acid groups (broad SMARTS) is 1. The van der Waals surface area contributed by atoms with E-state index in [1.165, 1.54) is 0 Å². The Bertz CT molecular complexity index is 243. The molecule has 3 nitrogen and oxygen atoms in total. The van der Waals surface area contributed by atoms with Gasteiger partial charge in [0.15, 0.2) is 0 Å². The molecule has 74 valence electrons. The first-order valence-electron chi connectivity index (χ1n) is 4.63. The van der Waals surface area contributed by atoms with Crippen LogP contribution in [0.15, 0.2) is 11.1 Å². The summed E-state index contributed by atoms with van der Waals surface area (Å²) in [4.78, 5) is 10.7. The lowest BCUT2D eigenvalue weighted by Gasteiger charge is -2.26.